The Labute approximate surface area is 83.4 Å². The average molecular weight is 222 g/mol. The quantitative estimate of drug-likeness (QED) is 0.833. The first-order chi connectivity index (χ1) is 6.79. The highest BCUT2D eigenvalue weighted by Gasteiger charge is 2.32. The Morgan fingerprint density at radius 1 is 1.53 bits per heavy atom. The summed E-state index contributed by atoms with van der Waals surface area (Å²) >= 11 is 0. The highest BCUT2D eigenvalue weighted by molar-refractivity contribution is 5.89. The van der Waals surface area contributed by atoms with Gasteiger partial charge < -0.3 is 9.84 Å². The van der Waals surface area contributed by atoms with Gasteiger partial charge in [-0.15, -0.1) is 0 Å². The van der Waals surface area contributed by atoms with Crippen LogP contribution in [0.2, 0.25) is 0 Å². The molecule has 1 aromatic rings. The molecule has 1 aromatic heterocycles. The van der Waals surface area contributed by atoms with Gasteiger partial charge in [0.05, 0.1) is 6.42 Å². The molecule has 7 heteroatoms. The molecule has 15 heavy (non-hydrogen) atoms. The summed E-state index contributed by atoms with van der Waals surface area (Å²) in [7, 11) is 0. The third-order valence-corrected chi connectivity index (χ3v) is 1.60. The fraction of sp³-hybridized carbons (Fsp3) is 0.500. The Morgan fingerprint density at radius 3 is 2.60 bits per heavy atom. The maximum absolute atomic E-state index is 12.1. The second kappa shape index (κ2) is 3.92. The van der Waals surface area contributed by atoms with E-state index < -0.39 is 18.5 Å². The van der Waals surface area contributed by atoms with E-state index in [4.69, 9.17) is 0 Å². The van der Waals surface area contributed by atoms with Crippen molar-refractivity contribution in [1.29, 1.82) is 0 Å². The second-order valence-electron chi connectivity index (χ2n) is 3.03. The summed E-state index contributed by atoms with van der Waals surface area (Å²) < 4.78 is 40.8. The maximum atomic E-state index is 12.1. The molecule has 84 valence electrons. The lowest BCUT2D eigenvalue weighted by Gasteiger charge is -2.05. The zero-order valence-electron chi connectivity index (χ0n) is 8.10. The number of hydrogen-bond donors (Lipinski definition) is 1. The molecule has 0 fully saturated rings. The number of carbonyl (C=O) groups is 1. The van der Waals surface area contributed by atoms with Gasteiger partial charge in [-0.3, -0.25) is 4.79 Å². The third-order valence-electron chi connectivity index (χ3n) is 1.60. The number of hydrogen-bond acceptors (Lipinski definition) is 3. The van der Waals surface area contributed by atoms with Gasteiger partial charge in [-0.2, -0.15) is 13.2 Å². The van der Waals surface area contributed by atoms with Crippen molar-refractivity contribution in [1.82, 2.24) is 5.16 Å². The Balaban J connectivity index is 2.93. The number of amides is 1. The summed E-state index contributed by atoms with van der Waals surface area (Å²) in [6.07, 6.45) is -5.60. The lowest BCUT2D eigenvalue weighted by Crippen LogP contribution is -2.15. The van der Waals surface area contributed by atoms with Crippen LogP contribution in [0.3, 0.4) is 0 Å². The molecule has 1 amide bonds. The van der Waals surface area contributed by atoms with E-state index in [0.717, 1.165) is 0 Å². The van der Waals surface area contributed by atoms with Gasteiger partial charge >= 0.3 is 6.18 Å². The number of alkyl halides is 3. The van der Waals surface area contributed by atoms with Crippen molar-refractivity contribution < 1.29 is 22.5 Å². The number of halogens is 3. The minimum atomic E-state index is -4.38. The van der Waals surface area contributed by atoms with Crippen LogP contribution in [0, 0.1) is 6.92 Å². The van der Waals surface area contributed by atoms with Gasteiger partial charge in [0.2, 0.25) is 5.91 Å². The van der Waals surface area contributed by atoms with Gasteiger partial charge in [0.25, 0.3) is 0 Å². The lowest BCUT2D eigenvalue weighted by atomic mass is 10.2. The van der Waals surface area contributed by atoms with Crippen molar-refractivity contribution in [3.05, 3.63) is 11.5 Å². The third kappa shape index (κ3) is 3.26. The number of carbonyl (C=O) groups excluding carboxylic acids is 1. The minimum Gasteiger partial charge on any atom is -0.359 e. The van der Waals surface area contributed by atoms with Crippen molar-refractivity contribution in [3.8, 4) is 0 Å². The summed E-state index contributed by atoms with van der Waals surface area (Å²) in [5.41, 5.74) is -0.310. The van der Waals surface area contributed by atoms with E-state index in [2.05, 4.69) is 15.0 Å². The zero-order chi connectivity index (χ0) is 11.6. The molecule has 0 saturated heterocycles. The Hall–Kier alpha value is -1.53. The normalized spacial score (nSPS) is 11.5. The smallest absolute Gasteiger partial charge is 0.359 e. The molecule has 1 rings (SSSR count). The van der Waals surface area contributed by atoms with Crippen LogP contribution in [0.4, 0.5) is 18.9 Å². The molecule has 0 aliphatic heterocycles. The fourth-order valence-corrected chi connectivity index (χ4v) is 1.06. The van der Waals surface area contributed by atoms with Crippen molar-refractivity contribution in [3.63, 3.8) is 0 Å². The largest absolute Gasteiger partial charge is 0.394 e. The first-order valence-electron chi connectivity index (χ1n) is 4.09. The van der Waals surface area contributed by atoms with Gasteiger partial charge in [-0.1, -0.05) is 5.16 Å². The average Bonchev–Trinajstić information content (AvgIpc) is 2.32. The van der Waals surface area contributed by atoms with Crippen molar-refractivity contribution in [2.24, 2.45) is 0 Å². The van der Waals surface area contributed by atoms with Crippen LogP contribution in [0.5, 0.6) is 0 Å². The molecule has 0 aliphatic carbocycles. The molecule has 1 heterocycles. The van der Waals surface area contributed by atoms with E-state index in [1.54, 1.807) is 0 Å². The zero-order valence-corrected chi connectivity index (χ0v) is 8.10. The van der Waals surface area contributed by atoms with E-state index in [1.165, 1.54) is 13.8 Å². The van der Waals surface area contributed by atoms with Gasteiger partial charge in [0.15, 0.2) is 5.76 Å². The Morgan fingerprint density at radius 2 is 2.13 bits per heavy atom. The highest BCUT2D eigenvalue weighted by atomic mass is 19.4. The first-order valence-corrected chi connectivity index (χ1v) is 4.09. The van der Waals surface area contributed by atoms with Crippen LogP contribution < -0.4 is 5.32 Å². The van der Waals surface area contributed by atoms with Crippen molar-refractivity contribution in [2.75, 3.05) is 5.32 Å². The second-order valence-corrected chi connectivity index (χ2v) is 3.03. The Kier molecular flexibility index (Phi) is 3.01. The van der Waals surface area contributed by atoms with Gasteiger partial charge in [0, 0.05) is 6.92 Å². The SMILES string of the molecule is CC(=O)Nc1c(CC(F)(F)F)noc1C. The molecule has 4 nitrogen and oxygen atoms in total. The van der Waals surface area contributed by atoms with E-state index in [1.807, 2.05) is 0 Å². The van der Waals surface area contributed by atoms with Crippen LogP contribution in [0.1, 0.15) is 18.4 Å². The van der Waals surface area contributed by atoms with Gasteiger partial charge in [-0.25, -0.2) is 0 Å². The summed E-state index contributed by atoms with van der Waals surface area (Å²) in [5, 5.41) is 5.49. The Bertz CT molecular complexity index is 370. The minimum absolute atomic E-state index is 0.000162. The molecule has 0 bridgehead atoms. The van der Waals surface area contributed by atoms with E-state index in [0.29, 0.717) is 0 Å². The molecule has 0 spiro atoms. The summed E-state index contributed by atoms with van der Waals surface area (Å²) in [4.78, 5) is 10.7. The highest BCUT2D eigenvalue weighted by Crippen LogP contribution is 2.27. The predicted octanol–water partition coefficient (Wildman–Crippen LogP) is 2.05. The molecule has 0 atom stereocenters. The molecule has 0 aliphatic rings. The fourth-order valence-electron chi connectivity index (χ4n) is 1.06. The summed E-state index contributed by atoms with van der Waals surface area (Å²) in [6.45, 7) is 2.63. The number of aryl methyl sites for hydroxylation is 1. The monoisotopic (exact) mass is 222 g/mol. The van der Waals surface area contributed by atoms with Crippen molar-refractivity contribution >= 4 is 11.6 Å². The van der Waals surface area contributed by atoms with E-state index in [-0.39, 0.29) is 17.1 Å². The van der Waals surface area contributed by atoms with E-state index in [9.17, 15) is 18.0 Å². The molecular weight excluding hydrogens is 213 g/mol. The van der Waals surface area contributed by atoms with Crippen molar-refractivity contribution in [2.45, 2.75) is 26.4 Å². The molecule has 0 aromatic carbocycles. The predicted molar refractivity (Wildman–Crippen MR) is 45.3 cm³/mol. The molecular formula is C8H9F3N2O2. The lowest BCUT2D eigenvalue weighted by molar-refractivity contribution is -0.128. The van der Waals surface area contributed by atoms with Crippen LogP contribution in [-0.4, -0.2) is 17.2 Å². The molecule has 1 N–H and O–H groups in total. The molecule has 0 unspecified atom stereocenters. The number of aromatic nitrogens is 1. The van der Waals surface area contributed by atoms with Crippen LogP contribution in [-0.2, 0) is 11.2 Å². The van der Waals surface area contributed by atoms with Gasteiger partial charge in [0.1, 0.15) is 11.4 Å². The number of anilines is 1. The van der Waals surface area contributed by atoms with Crippen LogP contribution >= 0.6 is 0 Å². The molecule has 0 radical (unpaired) electrons. The summed E-state index contributed by atoms with van der Waals surface area (Å²) in [6, 6.07) is 0. The maximum Gasteiger partial charge on any atom is 0.394 e. The van der Waals surface area contributed by atoms with Crippen LogP contribution in [0.25, 0.3) is 0 Å². The van der Waals surface area contributed by atoms with Gasteiger partial charge in [-0.05, 0) is 6.92 Å². The van der Waals surface area contributed by atoms with E-state index >= 15 is 0 Å². The topological polar surface area (TPSA) is 55.1 Å². The number of rotatable bonds is 2. The van der Waals surface area contributed by atoms with Crippen LogP contribution in [0.15, 0.2) is 4.52 Å². The summed E-state index contributed by atoms with van der Waals surface area (Å²) in [5.74, 6) is -0.311. The number of nitrogens with one attached hydrogen (secondary N) is 1. The first kappa shape index (κ1) is 11.5. The molecule has 0 saturated carbocycles. The standard InChI is InChI=1S/C8H9F3N2O2/c1-4-7(12-5(2)14)6(13-15-4)3-8(9,10)11/h3H2,1-2H3,(H,12,14). The number of nitrogens with zero attached hydrogens (tertiary/aromatic N) is 1.